The number of carbonyl (C=O) groups excluding carboxylic acids is 1. The van der Waals surface area contributed by atoms with Gasteiger partial charge in [-0.3, -0.25) is 9.48 Å². The van der Waals surface area contributed by atoms with E-state index in [1.165, 1.54) is 28.3 Å². The maximum absolute atomic E-state index is 12.0. The molecule has 1 amide bonds. The van der Waals surface area contributed by atoms with Crippen molar-refractivity contribution in [3.05, 3.63) is 35.6 Å². The van der Waals surface area contributed by atoms with Crippen LogP contribution >= 0.6 is 11.3 Å². The van der Waals surface area contributed by atoms with Gasteiger partial charge in [-0.25, -0.2) is 9.78 Å². The molecule has 2 aromatic rings. The Balaban J connectivity index is 2.00. The van der Waals surface area contributed by atoms with Crippen LogP contribution in [-0.4, -0.2) is 31.7 Å². The summed E-state index contributed by atoms with van der Waals surface area (Å²) in [7, 11) is 0. The molecule has 2 rings (SSSR count). The van der Waals surface area contributed by atoms with Gasteiger partial charge in [-0.2, -0.15) is 5.10 Å². The number of carboxylic acid groups (broad SMARTS) is 1. The predicted molar refractivity (Wildman–Crippen MR) is 74.4 cm³/mol. The van der Waals surface area contributed by atoms with Gasteiger partial charge in [-0.15, -0.1) is 0 Å². The molecule has 7 nitrogen and oxygen atoms in total. The van der Waals surface area contributed by atoms with Crippen LogP contribution in [0.4, 0.5) is 5.13 Å². The van der Waals surface area contributed by atoms with Crippen molar-refractivity contribution in [1.82, 2.24) is 14.8 Å². The minimum Gasteiger partial charge on any atom is -0.478 e. The highest BCUT2D eigenvalue weighted by atomic mass is 32.1. The summed E-state index contributed by atoms with van der Waals surface area (Å²) in [5.41, 5.74) is 0. The lowest BCUT2D eigenvalue weighted by atomic mass is 10.3. The third-order valence-electron chi connectivity index (χ3n) is 2.44. The van der Waals surface area contributed by atoms with Crippen LogP contribution < -0.4 is 5.32 Å². The second-order valence-electron chi connectivity index (χ2n) is 3.89. The first-order valence-corrected chi connectivity index (χ1v) is 6.55. The van der Waals surface area contributed by atoms with Crippen molar-refractivity contribution >= 4 is 34.4 Å². The molecule has 0 saturated heterocycles. The Hall–Kier alpha value is -2.48. The summed E-state index contributed by atoms with van der Waals surface area (Å²) in [6.07, 6.45) is 7.24. The van der Waals surface area contributed by atoms with Crippen molar-refractivity contribution < 1.29 is 14.7 Å². The van der Waals surface area contributed by atoms with Crippen LogP contribution in [0.3, 0.4) is 0 Å². The van der Waals surface area contributed by atoms with Crippen LogP contribution in [0.2, 0.25) is 0 Å². The van der Waals surface area contributed by atoms with Crippen LogP contribution in [0.15, 0.2) is 30.7 Å². The van der Waals surface area contributed by atoms with Crippen molar-refractivity contribution in [3.8, 4) is 0 Å². The van der Waals surface area contributed by atoms with Crippen molar-refractivity contribution in [3.63, 3.8) is 0 Å². The molecule has 0 saturated carbocycles. The van der Waals surface area contributed by atoms with Gasteiger partial charge in [0.05, 0.1) is 0 Å². The number of amides is 1. The number of thiazole rings is 1. The number of hydrogen-bond donors (Lipinski definition) is 2. The largest absolute Gasteiger partial charge is 0.478 e. The Morgan fingerprint density at radius 1 is 1.55 bits per heavy atom. The molecule has 20 heavy (non-hydrogen) atoms. The van der Waals surface area contributed by atoms with E-state index in [0.717, 1.165) is 6.08 Å². The van der Waals surface area contributed by atoms with Gasteiger partial charge in [0, 0.05) is 29.5 Å². The third kappa shape index (κ3) is 3.51. The molecule has 104 valence electrons. The van der Waals surface area contributed by atoms with E-state index in [-0.39, 0.29) is 5.91 Å². The summed E-state index contributed by atoms with van der Waals surface area (Å²) in [5.74, 6) is -1.27. The molecule has 1 unspecified atom stereocenters. The summed E-state index contributed by atoms with van der Waals surface area (Å²) in [5, 5.41) is 15.6. The average Bonchev–Trinajstić information content (AvgIpc) is 3.06. The molecule has 8 heteroatoms. The molecule has 2 aromatic heterocycles. The van der Waals surface area contributed by atoms with Crippen LogP contribution in [0.1, 0.15) is 17.8 Å². The van der Waals surface area contributed by atoms with E-state index < -0.39 is 12.0 Å². The van der Waals surface area contributed by atoms with Gasteiger partial charge < -0.3 is 10.4 Å². The van der Waals surface area contributed by atoms with Crippen LogP contribution in [0.25, 0.3) is 6.08 Å². The minimum absolute atomic E-state index is 0.239. The molecule has 0 bridgehead atoms. The zero-order valence-electron chi connectivity index (χ0n) is 10.6. The topological polar surface area (TPSA) is 97.1 Å². The first-order chi connectivity index (χ1) is 9.56. The monoisotopic (exact) mass is 292 g/mol. The van der Waals surface area contributed by atoms with Gasteiger partial charge in [-0.1, -0.05) is 11.3 Å². The summed E-state index contributed by atoms with van der Waals surface area (Å²) >= 11 is 1.19. The van der Waals surface area contributed by atoms with E-state index in [0.29, 0.717) is 10.0 Å². The Morgan fingerprint density at radius 3 is 3.00 bits per heavy atom. The highest BCUT2D eigenvalue weighted by molar-refractivity contribution is 7.16. The molecule has 0 aliphatic heterocycles. The fraction of sp³-hybridized carbons (Fsp3) is 0.167. The van der Waals surface area contributed by atoms with Gasteiger partial charge in [0.1, 0.15) is 6.04 Å². The van der Waals surface area contributed by atoms with Crippen molar-refractivity contribution in [2.24, 2.45) is 0 Å². The van der Waals surface area contributed by atoms with Crippen molar-refractivity contribution in [2.45, 2.75) is 13.0 Å². The molecular formula is C12H12N4O3S. The highest BCUT2D eigenvalue weighted by Gasteiger charge is 2.16. The SMILES string of the molecule is CC(C(=O)Nc1ncc(C=CC(=O)O)s1)n1cccn1. The number of carboxylic acids is 1. The number of nitrogens with zero attached hydrogens (tertiary/aromatic N) is 3. The van der Waals surface area contributed by atoms with Gasteiger partial charge in [0.15, 0.2) is 5.13 Å². The number of hydrogen-bond acceptors (Lipinski definition) is 5. The van der Waals surface area contributed by atoms with Crippen LogP contribution in [-0.2, 0) is 9.59 Å². The lowest BCUT2D eigenvalue weighted by Gasteiger charge is -2.10. The minimum atomic E-state index is -1.03. The summed E-state index contributed by atoms with van der Waals surface area (Å²) < 4.78 is 1.54. The quantitative estimate of drug-likeness (QED) is 0.816. The number of aromatic nitrogens is 3. The van der Waals surface area contributed by atoms with Crippen LogP contribution in [0, 0.1) is 0 Å². The third-order valence-corrected chi connectivity index (χ3v) is 3.32. The fourth-order valence-corrected chi connectivity index (χ4v) is 2.14. The Labute approximate surface area is 118 Å². The maximum Gasteiger partial charge on any atom is 0.328 e. The van der Waals surface area contributed by atoms with E-state index in [2.05, 4.69) is 15.4 Å². The van der Waals surface area contributed by atoms with Gasteiger partial charge in [-0.05, 0) is 19.1 Å². The Morgan fingerprint density at radius 2 is 2.35 bits per heavy atom. The van der Waals surface area contributed by atoms with Crippen molar-refractivity contribution in [2.75, 3.05) is 5.32 Å². The number of rotatable bonds is 5. The average molecular weight is 292 g/mol. The van der Waals surface area contributed by atoms with Gasteiger partial charge >= 0.3 is 5.97 Å². The molecule has 0 spiro atoms. The molecule has 0 aliphatic carbocycles. The smallest absolute Gasteiger partial charge is 0.328 e. The van der Waals surface area contributed by atoms with E-state index in [4.69, 9.17) is 5.11 Å². The Kier molecular flexibility index (Phi) is 4.26. The molecular weight excluding hydrogens is 280 g/mol. The first-order valence-electron chi connectivity index (χ1n) is 5.73. The van der Waals surface area contributed by atoms with Crippen LogP contribution in [0.5, 0.6) is 0 Å². The summed E-state index contributed by atoms with van der Waals surface area (Å²) in [4.78, 5) is 27.0. The molecule has 1 atom stereocenters. The predicted octanol–water partition coefficient (Wildman–Crippen LogP) is 1.64. The summed E-state index contributed by atoms with van der Waals surface area (Å²) in [6, 6.07) is 1.29. The number of aliphatic carboxylic acids is 1. The second kappa shape index (κ2) is 6.11. The molecule has 0 fully saturated rings. The number of anilines is 1. The van der Waals surface area contributed by atoms with Crippen molar-refractivity contribution in [1.29, 1.82) is 0 Å². The zero-order valence-corrected chi connectivity index (χ0v) is 11.4. The second-order valence-corrected chi connectivity index (χ2v) is 4.95. The standard InChI is InChI=1S/C12H12N4O3S/c1-8(16-6-2-5-14-16)11(19)15-12-13-7-9(20-12)3-4-10(17)18/h2-8H,1H3,(H,17,18)(H,13,15,19). The summed E-state index contributed by atoms with van der Waals surface area (Å²) in [6.45, 7) is 1.72. The maximum atomic E-state index is 12.0. The van der Waals surface area contributed by atoms with Gasteiger partial charge in [0.25, 0.3) is 5.91 Å². The van der Waals surface area contributed by atoms with E-state index >= 15 is 0 Å². The molecule has 2 heterocycles. The zero-order chi connectivity index (χ0) is 14.5. The normalized spacial score (nSPS) is 12.4. The molecule has 0 aromatic carbocycles. The van der Waals surface area contributed by atoms with E-state index in [1.807, 2.05) is 0 Å². The van der Waals surface area contributed by atoms with E-state index in [1.54, 1.807) is 25.4 Å². The molecule has 0 radical (unpaired) electrons. The highest BCUT2D eigenvalue weighted by Crippen LogP contribution is 2.20. The lowest BCUT2D eigenvalue weighted by Crippen LogP contribution is -2.23. The fourth-order valence-electron chi connectivity index (χ4n) is 1.41. The molecule has 0 aliphatic rings. The Bertz CT molecular complexity index is 633. The van der Waals surface area contributed by atoms with E-state index in [9.17, 15) is 9.59 Å². The number of nitrogens with one attached hydrogen (secondary N) is 1. The number of carbonyl (C=O) groups is 2. The van der Waals surface area contributed by atoms with Gasteiger partial charge in [0.2, 0.25) is 0 Å². The first kappa shape index (κ1) is 13.9. The lowest BCUT2D eigenvalue weighted by molar-refractivity contribution is -0.131. The molecule has 2 N–H and O–H groups in total.